The largest absolute Gasteiger partial charge is 0.312 e. The molecule has 0 unspecified atom stereocenters. The highest BCUT2D eigenvalue weighted by atomic mass is 16.2. The summed E-state index contributed by atoms with van der Waals surface area (Å²) in [6, 6.07) is 8.78. The van der Waals surface area contributed by atoms with Crippen molar-refractivity contribution in [3.63, 3.8) is 0 Å². The van der Waals surface area contributed by atoms with Gasteiger partial charge < -0.3 is 4.90 Å². The first-order valence-corrected chi connectivity index (χ1v) is 13.0. The lowest BCUT2D eigenvalue weighted by Gasteiger charge is -2.38. The van der Waals surface area contributed by atoms with E-state index in [0.29, 0.717) is 5.92 Å². The van der Waals surface area contributed by atoms with Crippen molar-refractivity contribution in [3.05, 3.63) is 41.5 Å². The quantitative estimate of drug-likeness (QED) is 0.304. The van der Waals surface area contributed by atoms with Crippen LogP contribution in [0.1, 0.15) is 109 Å². The van der Waals surface area contributed by atoms with E-state index in [9.17, 15) is 4.79 Å². The number of carbonyl (C=O) groups excluding carboxylic acids is 1. The molecule has 0 bridgehead atoms. The molecule has 1 aromatic carbocycles. The molecule has 0 atom stereocenters. The molecule has 0 heterocycles. The maximum Gasteiger partial charge on any atom is 0.253 e. The van der Waals surface area contributed by atoms with Gasteiger partial charge in [0.15, 0.2) is 0 Å². The number of amides is 1. The topological polar surface area (TPSA) is 20.3 Å². The molecule has 0 aliphatic heterocycles. The van der Waals surface area contributed by atoms with E-state index in [4.69, 9.17) is 0 Å². The van der Waals surface area contributed by atoms with Gasteiger partial charge in [0.05, 0.1) is 0 Å². The van der Waals surface area contributed by atoms with E-state index in [2.05, 4.69) is 31.2 Å². The van der Waals surface area contributed by atoms with Gasteiger partial charge in [0.1, 0.15) is 0 Å². The maximum absolute atomic E-state index is 12.4. The second-order valence-electron chi connectivity index (χ2n) is 10.3. The number of allylic oxidation sites excluding steroid dienone is 1. The molecule has 1 amide bonds. The molecule has 2 aliphatic carbocycles. The SMILES string of the molecule is C/C=C(\C)C(=O)N(C)c1ccc(C2CCC(C3CCC(CCCCC)CC3)CC2)cc1. The van der Waals surface area contributed by atoms with Crippen LogP contribution in [0.5, 0.6) is 0 Å². The smallest absolute Gasteiger partial charge is 0.253 e. The highest BCUT2D eigenvalue weighted by Crippen LogP contribution is 2.44. The Morgan fingerprint density at radius 3 is 2.06 bits per heavy atom. The lowest BCUT2D eigenvalue weighted by Crippen LogP contribution is -2.27. The van der Waals surface area contributed by atoms with Gasteiger partial charge in [-0.15, -0.1) is 0 Å². The standard InChI is InChI=1S/C29H45NO/c1-5-7-8-9-23-10-12-24(13-11-23)25-14-16-26(17-15-25)27-18-20-28(21-19-27)30(4)29(31)22(3)6-2/h6,18-21,23-26H,5,7-17H2,1-4H3/b22-6+. The summed E-state index contributed by atoms with van der Waals surface area (Å²) in [5.41, 5.74) is 3.24. The first-order chi connectivity index (χ1) is 15.0. The molecule has 0 radical (unpaired) electrons. The monoisotopic (exact) mass is 423 g/mol. The number of carbonyl (C=O) groups is 1. The minimum atomic E-state index is 0.0795. The number of benzene rings is 1. The van der Waals surface area contributed by atoms with Crippen molar-refractivity contribution in [3.8, 4) is 0 Å². The van der Waals surface area contributed by atoms with Gasteiger partial charge in [-0.1, -0.05) is 63.7 Å². The summed E-state index contributed by atoms with van der Waals surface area (Å²) in [6.07, 6.45) is 19.1. The highest BCUT2D eigenvalue weighted by Gasteiger charge is 2.31. The van der Waals surface area contributed by atoms with E-state index in [1.54, 1.807) is 4.90 Å². The van der Waals surface area contributed by atoms with Crippen molar-refractivity contribution in [2.75, 3.05) is 11.9 Å². The van der Waals surface area contributed by atoms with E-state index in [1.807, 2.05) is 27.0 Å². The lowest BCUT2D eigenvalue weighted by atomic mass is 9.68. The van der Waals surface area contributed by atoms with Crippen molar-refractivity contribution in [1.82, 2.24) is 0 Å². The zero-order valence-corrected chi connectivity index (χ0v) is 20.5. The molecule has 0 N–H and O–H groups in total. The molecule has 0 aromatic heterocycles. The first-order valence-electron chi connectivity index (χ1n) is 13.0. The van der Waals surface area contributed by atoms with Crippen LogP contribution in [0.4, 0.5) is 5.69 Å². The van der Waals surface area contributed by atoms with Gasteiger partial charge >= 0.3 is 0 Å². The molecule has 2 heteroatoms. The molecule has 0 spiro atoms. The van der Waals surface area contributed by atoms with Crippen LogP contribution in [0.3, 0.4) is 0 Å². The number of unbranched alkanes of at least 4 members (excludes halogenated alkanes) is 2. The number of anilines is 1. The van der Waals surface area contributed by atoms with Gasteiger partial charge in [0, 0.05) is 18.3 Å². The third kappa shape index (κ3) is 6.46. The Morgan fingerprint density at radius 2 is 1.52 bits per heavy atom. The van der Waals surface area contributed by atoms with Gasteiger partial charge in [0.25, 0.3) is 5.91 Å². The van der Waals surface area contributed by atoms with E-state index >= 15 is 0 Å². The van der Waals surface area contributed by atoms with Crippen LogP contribution in [0.15, 0.2) is 35.9 Å². The minimum Gasteiger partial charge on any atom is -0.312 e. The molecule has 3 rings (SSSR count). The van der Waals surface area contributed by atoms with Crippen molar-refractivity contribution >= 4 is 11.6 Å². The van der Waals surface area contributed by atoms with Crippen molar-refractivity contribution in [2.45, 2.75) is 104 Å². The molecule has 1 aromatic rings. The van der Waals surface area contributed by atoms with Crippen LogP contribution in [0, 0.1) is 17.8 Å². The maximum atomic E-state index is 12.4. The van der Waals surface area contributed by atoms with Gasteiger partial charge in [-0.05, 0) is 93.7 Å². The molecular formula is C29H45NO. The average molecular weight is 424 g/mol. The Labute approximate surface area is 191 Å². The Morgan fingerprint density at radius 1 is 0.935 bits per heavy atom. The zero-order valence-electron chi connectivity index (χ0n) is 20.5. The summed E-state index contributed by atoms with van der Waals surface area (Å²) in [4.78, 5) is 14.1. The normalized spacial score (nSPS) is 27.2. The Balaban J connectivity index is 1.45. The summed E-state index contributed by atoms with van der Waals surface area (Å²) in [6.45, 7) is 6.11. The molecule has 172 valence electrons. The van der Waals surface area contributed by atoms with E-state index in [0.717, 1.165) is 29.0 Å². The third-order valence-electron chi connectivity index (χ3n) is 8.37. The Hall–Kier alpha value is -1.57. The van der Waals surface area contributed by atoms with Crippen molar-refractivity contribution in [2.24, 2.45) is 17.8 Å². The van der Waals surface area contributed by atoms with Crippen LogP contribution < -0.4 is 4.90 Å². The van der Waals surface area contributed by atoms with Crippen molar-refractivity contribution in [1.29, 1.82) is 0 Å². The summed E-state index contributed by atoms with van der Waals surface area (Å²) < 4.78 is 0. The molecule has 2 saturated carbocycles. The fourth-order valence-corrected chi connectivity index (χ4v) is 6.03. The van der Waals surface area contributed by atoms with Crippen LogP contribution in [0.2, 0.25) is 0 Å². The number of likely N-dealkylation sites (N-methyl/N-ethyl adjacent to an activating group) is 1. The molecule has 2 fully saturated rings. The van der Waals surface area contributed by atoms with Crippen LogP contribution in [-0.2, 0) is 4.79 Å². The van der Waals surface area contributed by atoms with Gasteiger partial charge in [-0.25, -0.2) is 0 Å². The fraction of sp³-hybridized carbons (Fsp3) is 0.690. The van der Waals surface area contributed by atoms with Crippen LogP contribution >= 0.6 is 0 Å². The number of rotatable bonds is 8. The van der Waals surface area contributed by atoms with Crippen molar-refractivity contribution < 1.29 is 4.79 Å². The molecule has 2 aliphatic rings. The van der Waals surface area contributed by atoms with Gasteiger partial charge in [-0.2, -0.15) is 0 Å². The Kier molecular flexibility index (Phi) is 9.23. The fourth-order valence-electron chi connectivity index (χ4n) is 6.03. The molecule has 2 nitrogen and oxygen atoms in total. The summed E-state index contributed by atoms with van der Waals surface area (Å²) in [5.74, 6) is 3.78. The van der Waals surface area contributed by atoms with E-state index in [1.165, 1.54) is 82.6 Å². The molecule has 31 heavy (non-hydrogen) atoms. The van der Waals surface area contributed by atoms with E-state index < -0.39 is 0 Å². The summed E-state index contributed by atoms with van der Waals surface area (Å²) in [7, 11) is 1.87. The Bertz CT molecular complexity index is 703. The second-order valence-corrected chi connectivity index (χ2v) is 10.3. The zero-order chi connectivity index (χ0) is 22.2. The number of nitrogens with zero attached hydrogens (tertiary/aromatic N) is 1. The average Bonchev–Trinajstić information content (AvgIpc) is 2.83. The van der Waals surface area contributed by atoms with Gasteiger partial charge in [-0.3, -0.25) is 4.79 Å². The highest BCUT2D eigenvalue weighted by molar-refractivity contribution is 6.04. The molecular weight excluding hydrogens is 378 g/mol. The predicted molar refractivity (Wildman–Crippen MR) is 134 cm³/mol. The summed E-state index contributed by atoms with van der Waals surface area (Å²) >= 11 is 0. The van der Waals surface area contributed by atoms with Crippen LogP contribution in [0.25, 0.3) is 0 Å². The lowest BCUT2D eigenvalue weighted by molar-refractivity contribution is -0.114. The molecule has 0 saturated heterocycles. The predicted octanol–water partition coefficient (Wildman–Crippen LogP) is 8.28. The second kappa shape index (κ2) is 11.9. The van der Waals surface area contributed by atoms with Gasteiger partial charge in [0.2, 0.25) is 0 Å². The van der Waals surface area contributed by atoms with E-state index in [-0.39, 0.29) is 5.91 Å². The summed E-state index contributed by atoms with van der Waals surface area (Å²) in [5, 5.41) is 0. The minimum absolute atomic E-state index is 0.0795. The third-order valence-corrected chi connectivity index (χ3v) is 8.37. The number of hydrogen-bond donors (Lipinski definition) is 0. The number of hydrogen-bond acceptors (Lipinski definition) is 1. The first kappa shape index (κ1) is 24.1. The van der Waals surface area contributed by atoms with Crippen LogP contribution in [-0.4, -0.2) is 13.0 Å².